The van der Waals surface area contributed by atoms with Crippen LogP contribution in [0.5, 0.6) is 0 Å². The fraction of sp³-hybridized carbons (Fsp3) is 0.600. The van der Waals surface area contributed by atoms with Gasteiger partial charge in [-0.25, -0.2) is 4.99 Å². The third kappa shape index (κ3) is 7.65. The van der Waals surface area contributed by atoms with Gasteiger partial charge in [0.05, 0.1) is 6.61 Å². The summed E-state index contributed by atoms with van der Waals surface area (Å²) in [6.45, 7) is 8.98. The highest BCUT2D eigenvalue weighted by molar-refractivity contribution is 14.0. The molecule has 0 aromatic heterocycles. The van der Waals surface area contributed by atoms with Crippen LogP contribution in [0.3, 0.4) is 0 Å². The van der Waals surface area contributed by atoms with E-state index in [0.717, 1.165) is 44.2 Å². The molecule has 1 saturated heterocycles. The Morgan fingerprint density at radius 2 is 2.07 bits per heavy atom. The van der Waals surface area contributed by atoms with Crippen LogP contribution in [0.1, 0.15) is 25.8 Å². The molecule has 6 nitrogen and oxygen atoms in total. The van der Waals surface area contributed by atoms with E-state index in [1.807, 2.05) is 49.1 Å². The predicted molar refractivity (Wildman–Crippen MR) is 120 cm³/mol. The lowest BCUT2D eigenvalue weighted by molar-refractivity contribution is -0.130. The van der Waals surface area contributed by atoms with Crippen LogP contribution < -0.4 is 5.32 Å². The van der Waals surface area contributed by atoms with Crippen LogP contribution in [0.2, 0.25) is 0 Å². The smallest absolute Gasteiger partial charge is 0.244 e. The van der Waals surface area contributed by atoms with Crippen molar-refractivity contribution < 1.29 is 9.53 Å². The van der Waals surface area contributed by atoms with Crippen molar-refractivity contribution in [1.29, 1.82) is 0 Å². The molecular formula is C20H33IN4O2. The van der Waals surface area contributed by atoms with Gasteiger partial charge in [0.2, 0.25) is 5.91 Å². The van der Waals surface area contributed by atoms with Gasteiger partial charge in [0, 0.05) is 45.8 Å². The second-order valence-corrected chi connectivity index (χ2v) is 6.62. The van der Waals surface area contributed by atoms with Gasteiger partial charge in [0.15, 0.2) is 5.96 Å². The maximum Gasteiger partial charge on any atom is 0.244 e. The van der Waals surface area contributed by atoms with Gasteiger partial charge in [-0.05, 0) is 25.8 Å². The fourth-order valence-corrected chi connectivity index (χ4v) is 3.25. The average molecular weight is 488 g/mol. The number of aliphatic imine (C=N–C) groups is 1. The summed E-state index contributed by atoms with van der Waals surface area (Å²) in [5, 5.41) is 3.31. The number of likely N-dealkylation sites (N-methyl/N-ethyl adjacent to an activating group) is 1. The molecule has 1 aromatic rings. The second kappa shape index (κ2) is 12.9. The molecule has 1 amide bonds. The van der Waals surface area contributed by atoms with Crippen LogP contribution in [0.15, 0.2) is 35.3 Å². The molecule has 1 aliphatic rings. The standard InChI is InChI=1S/C20H32N4O2.HI/c1-4-21-20(24-12-11-18(15-24)16-26-3)22-13-19(25)23(5-2)14-17-9-7-6-8-10-17;/h6-10,18H,4-5,11-16H2,1-3H3,(H,21,22);1H. The number of nitrogens with zero attached hydrogens (tertiary/aromatic N) is 3. The summed E-state index contributed by atoms with van der Waals surface area (Å²) < 4.78 is 5.27. The molecule has 1 aromatic carbocycles. The van der Waals surface area contributed by atoms with Gasteiger partial charge >= 0.3 is 0 Å². The maximum absolute atomic E-state index is 12.6. The van der Waals surface area contributed by atoms with Gasteiger partial charge in [-0.15, -0.1) is 24.0 Å². The van der Waals surface area contributed by atoms with Crippen molar-refractivity contribution in [2.24, 2.45) is 10.9 Å². The summed E-state index contributed by atoms with van der Waals surface area (Å²) in [6.07, 6.45) is 1.10. The summed E-state index contributed by atoms with van der Waals surface area (Å²) in [5.41, 5.74) is 1.14. The molecule has 0 radical (unpaired) electrons. The van der Waals surface area contributed by atoms with Crippen molar-refractivity contribution in [1.82, 2.24) is 15.1 Å². The normalized spacial score (nSPS) is 16.8. The average Bonchev–Trinajstić information content (AvgIpc) is 3.12. The van der Waals surface area contributed by atoms with Crippen molar-refractivity contribution in [3.63, 3.8) is 0 Å². The van der Waals surface area contributed by atoms with Crippen LogP contribution in [0.25, 0.3) is 0 Å². The number of nitrogens with one attached hydrogen (secondary N) is 1. The molecule has 1 N–H and O–H groups in total. The summed E-state index contributed by atoms with van der Waals surface area (Å²) in [4.78, 5) is 21.3. The number of carbonyl (C=O) groups is 1. The lowest BCUT2D eigenvalue weighted by atomic mass is 10.1. The van der Waals surface area contributed by atoms with E-state index in [1.54, 1.807) is 7.11 Å². The first-order valence-electron chi connectivity index (χ1n) is 9.51. The van der Waals surface area contributed by atoms with E-state index in [0.29, 0.717) is 19.0 Å². The monoisotopic (exact) mass is 488 g/mol. The lowest BCUT2D eigenvalue weighted by Crippen LogP contribution is -2.41. The topological polar surface area (TPSA) is 57.2 Å². The van der Waals surface area contributed by atoms with E-state index in [1.165, 1.54) is 0 Å². The van der Waals surface area contributed by atoms with Crippen molar-refractivity contribution in [3.8, 4) is 0 Å². The zero-order chi connectivity index (χ0) is 18.8. The second-order valence-electron chi connectivity index (χ2n) is 6.62. The minimum atomic E-state index is 0. The molecule has 7 heteroatoms. The zero-order valence-corrected chi connectivity index (χ0v) is 19.0. The molecule has 1 unspecified atom stereocenters. The Balaban J connectivity index is 0.00000364. The third-order valence-electron chi connectivity index (χ3n) is 4.64. The SMILES string of the molecule is CCNC(=NCC(=O)N(CC)Cc1ccccc1)N1CCC(COC)C1.I. The van der Waals surface area contributed by atoms with Crippen LogP contribution in [0, 0.1) is 5.92 Å². The molecule has 27 heavy (non-hydrogen) atoms. The highest BCUT2D eigenvalue weighted by Crippen LogP contribution is 2.16. The van der Waals surface area contributed by atoms with Gasteiger partial charge in [0.25, 0.3) is 0 Å². The number of guanidine groups is 1. The Kier molecular flexibility index (Phi) is 11.3. The van der Waals surface area contributed by atoms with Gasteiger partial charge in [0.1, 0.15) is 6.54 Å². The number of likely N-dealkylation sites (tertiary alicyclic amines) is 1. The molecule has 0 aliphatic carbocycles. The molecule has 0 spiro atoms. The van der Waals surface area contributed by atoms with Crippen molar-refractivity contribution >= 4 is 35.8 Å². The first-order chi connectivity index (χ1) is 12.7. The number of rotatable bonds is 8. The van der Waals surface area contributed by atoms with Crippen LogP contribution in [-0.2, 0) is 16.1 Å². The number of hydrogen-bond acceptors (Lipinski definition) is 3. The first-order valence-corrected chi connectivity index (χ1v) is 9.51. The Morgan fingerprint density at radius 3 is 2.70 bits per heavy atom. The van der Waals surface area contributed by atoms with E-state index < -0.39 is 0 Å². The highest BCUT2D eigenvalue weighted by Gasteiger charge is 2.25. The van der Waals surface area contributed by atoms with E-state index >= 15 is 0 Å². The van der Waals surface area contributed by atoms with Gasteiger partial charge in [-0.1, -0.05) is 30.3 Å². The van der Waals surface area contributed by atoms with Gasteiger partial charge in [-0.2, -0.15) is 0 Å². The summed E-state index contributed by atoms with van der Waals surface area (Å²) in [6, 6.07) is 10.1. The summed E-state index contributed by atoms with van der Waals surface area (Å²) in [5.74, 6) is 1.42. The zero-order valence-electron chi connectivity index (χ0n) is 16.7. The Morgan fingerprint density at radius 1 is 1.33 bits per heavy atom. The first kappa shape index (κ1) is 23.7. The number of halogens is 1. The highest BCUT2D eigenvalue weighted by atomic mass is 127. The number of hydrogen-bond donors (Lipinski definition) is 1. The molecule has 0 saturated carbocycles. The van der Waals surface area contributed by atoms with Crippen molar-refractivity contribution in [3.05, 3.63) is 35.9 Å². The fourth-order valence-electron chi connectivity index (χ4n) is 3.25. The third-order valence-corrected chi connectivity index (χ3v) is 4.64. The largest absolute Gasteiger partial charge is 0.384 e. The van der Waals surface area contributed by atoms with E-state index in [2.05, 4.69) is 15.2 Å². The quantitative estimate of drug-likeness (QED) is 0.347. The Bertz CT molecular complexity index is 583. The predicted octanol–water partition coefficient (Wildman–Crippen LogP) is 2.59. The van der Waals surface area contributed by atoms with E-state index in [-0.39, 0.29) is 36.4 Å². The van der Waals surface area contributed by atoms with E-state index in [9.17, 15) is 4.79 Å². The lowest BCUT2D eigenvalue weighted by Gasteiger charge is -2.23. The molecular weight excluding hydrogens is 455 g/mol. The number of amides is 1. The molecule has 1 fully saturated rings. The van der Waals surface area contributed by atoms with Crippen LogP contribution in [-0.4, -0.2) is 68.1 Å². The Hall–Kier alpha value is -1.35. The number of benzene rings is 1. The molecule has 1 aliphatic heterocycles. The minimum Gasteiger partial charge on any atom is -0.384 e. The van der Waals surface area contributed by atoms with Crippen molar-refractivity contribution in [2.75, 3.05) is 46.4 Å². The number of methoxy groups -OCH3 is 1. The van der Waals surface area contributed by atoms with Crippen LogP contribution >= 0.6 is 24.0 Å². The molecule has 152 valence electrons. The Labute approximate surface area is 180 Å². The minimum absolute atomic E-state index is 0. The van der Waals surface area contributed by atoms with Crippen molar-refractivity contribution in [2.45, 2.75) is 26.8 Å². The molecule has 1 heterocycles. The maximum atomic E-state index is 12.6. The van der Waals surface area contributed by atoms with Gasteiger partial charge in [-0.3, -0.25) is 4.79 Å². The number of carbonyl (C=O) groups excluding carboxylic acids is 1. The number of ether oxygens (including phenoxy) is 1. The molecule has 1 atom stereocenters. The van der Waals surface area contributed by atoms with Gasteiger partial charge < -0.3 is 19.9 Å². The summed E-state index contributed by atoms with van der Waals surface area (Å²) in [7, 11) is 1.74. The molecule has 0 bridgehead atoms. The van der Waals surface area contributed by atoms with Crippen LogP contribution in [0.4, 0.5) is 0 Å². The van der Waals surface area contributed by atoms with E-state index in [4.69, 9.17) is 4.74 Å². The summed E-state index contributed by atoms with van der Waals surface area (Å²) >= 11 is 0. The molecule has 2 rings (SSSR count).